The first-order chi connectivity index (χ1) is 13.0. The molecule has 5 rings (SSSR count). The summed E-state index contributed by atoms with van der Waals surface area (Å²) in [6.45, 7) is 1.77. The van der Waals surface area contributed by atoms with Crippen LogP contribution in [0.5, 0.6) is 0 Å². The average molecular weight is 383 g/mol. The third kappa shape index (κ3) is 2.70. The second-order valence-corrected chi connectivity index (χ2v) is 7.88. The van der Waals surface area contributed by atoms with E-state index in [1.807, 2.05) is 24.3 Å². The molecule has 7 heteroatoms. The number of nitrogens with zero attached hydrogens (tertiary/aromatic N) is 1. The van der Waals surface area contributed by atoms with Crippen LogP contribution >= 0.6 is 11.3 Å². The largest absolute Gasteiger partial charge is 0.361 e. The number of halogens is 2. The SMILES string of the molecule is Cc1c(F)cc2[nH]ccc2c1-c1ccc2nc(NC(=O)[C@@H]3C[C@@H]3F)sc2c1. The first kappa shape index (κ1) is 16.4. The number of anilines is 1. The Hall–Kier alpha value is -2.80. The second kappa shape index (κ2) is 5.85. The maximum absolute atomic E-state index is 14.3. The van der Waals surface area contributed by atoms with Gasteiger partial charge in [0.15, 0.2) is 5.13 Å². The first-order valence-corrected chi connectivity index (χ1v) is 9.45. The average Bonchev–Trinajstić information content (AvgIpc) is 3.02. The minimum Gasteiger partial charge on any atom is -0.361 e. The molecule has 2 heterocycles. The topological polar surface area (TPSA) is 57.8 Å². The van der Waals surface area contributed by atoms with Gasteiger partial charge in [0.05, 0.1) is 16.1 Å². The van der Waals surface area contributed by atoms with Crippen molar-refractivity contribution in [3.63, 3.8) is 0 Å². The Morgan fingerprint density at radius 1 is 1.33 bits per heavy atom. The molecule has 1 saturated carbocycles. The van der Waals surface area contributed by atoms with Crippen LogP contribution in [0.4, 0.5) is 13.9 Å². The molecule has 2 N–H and O–H groups in total. The number of alkyl halides is 1. The van der Waals surface area contributed by atoms with E-state index in [-0.39, 0.29) is 18.1 Å². The normalized spacial score (nSPS) is 18.9. The van der Waals surface area contributed by atoms with Gasteiger partial charge in [-0.05, 0) is 54.3 Å². The number of hydrogen-bond acceptors (Lipinski definition) is 3. The van der Waals surface area contributed by atoms with E-state index >= 15 is 0 Å². The van der Waals surface area contributed by atoms with Gasteiger partial charge in [-0.25, -0.2) is 13.8 Å². The summed E-state index contributed by atoms with van der Waals surface area (Å²) in [6, 6.07) is 9.15. The smallest absolute Gasteiger partial charge is 0.232 e. The Morgan fingerprint density at radius 2 is 2.15 bits per heavy atom. The quantitative estimate of drug-likeness (QED) is 0.512. The lowest BCUT2D eigenvalue weighted by molar-refractivity contribution is -0.117. The van der Waals surface area contributed by atoms with Crippen molar-refractivity contribution in [3.8, 4) is 11.1 Å². The van der Waals surface area contributed by atoms with Gasteiger partial charge in [-0.1, -0.05) is 17.4 Å². The number of fused-ring (bicyclic) bond motifs is 2. The maximum atomic E-state index is 14.3. The fraction of sp³-hybridized carbons (Fsp3) is 0.200. The Balaban J connectivity index is 1.56. The number of nitrogens with one attached hydrogen (secondary N) is 2. The highest BCUT2D eigenvalue weighted by atomic mass is 32.1. The summed E-state index contributed by atoms with van der Waals surface area (Å²) in [7, 11) is 0. The van der Waals surface area contributed by atoms with Crippen molar-refractivity contribution < 1.29 is 13.6 Å². The summed E-state index contributed by atoms with van der Waals surface area (Å²) in [5.74, 6) is -1.14. The van der Waals surface area contributed by atoms with Crippen molar-refractivity contribution in [1.82, 2.24) is 9.97 Å². The zero-order chi connectivity index (χ0) is 18.7. The molecule has 1 aliphatic rings. The third-order valence-corrected chi connectivity index (χ3v) is 5.94. The number of thiazole rings is 1. The molecule has 1 amide bonds. The fourth-order valence-electron chi connectivity index (χ4n) is 3.42. The Kier molecular flexibility index (Phi) is 3.55. The van der Waals surface area contributed by atoms with E-state index in [1.165, 1.54) is 17.4 Å². The lowest BCUT2D eigenvalue weighted by Gasteiger charge is -2.09. The van der Waals surface area contributed by atoms with Gasteiger partial charge in [-0.3, -0.25) is 4.79 Å². The van der Waals surface area contributed by atoms with Crippen molar-refractivity contribution in [2.75, 3.05) is 5.32 Å². The van der Waals surface area contributed by atoms with Gasteiger partial charge in [-0.15, -0.1) is 0 Å². The zero-order valence-corrected chi connectivity index (χ0v) is 15.2. The molecule has 2 aromatic heterocycles. The van der Waals surface area contributed by atoms with E-state index in [9.17, 15) is 13.6 Å². The minimum absolute atomic E-state index is 0.262. The molecule has 136 valence electrons. The highest BCUT2D eigenvalue weighted by molar-refractivity contribution is 7.22. The van der Waals surface area contributed by atoms with Crippen LogP contribution in [0.3, 0.4) is 0 Å². The predicted molar refractivity (Wildman–Crippen MR) is 103 cm³/mol. The van der Waals surface area contributed by atoms with E-state index in [2.05, 4.69) is 15.3 Å². The molecule has 0 bridgehead atoms. The minimum atomic E-state index is -1.04. The van der Waals surface area contributed by atoms with Crippen molar-refractivity contribution in [2.24, 2.45) is 5.92 Å². The number of carbonyl (C=O) groups is 1. The number of hydrogen-bond donors (Lipinski definition) is 2. The van der Waals surface area contributed by atoms with E-state index in [1.54, 1.807) is 13.1 Å². The molecular weight excluding hydrogens is 368 g/mol. The number of benzene rings is 2. The van der Waals surface area contributed by atoms with Crippen LogP contribution in [0.15, 0.2) is 36.5 Å². The van der Waals surface area contributed by atoms with Crippen LogP contribution in [-0.4, -0.2) is 22.0 Å². The van der Waals surface area contributed by atoms with Gasteiger partial charge in [0.25, 0.3) is 0 Å². The number of amides is 1. The van der Waals surface area contributed by atoms with Gasteiger partial charge < -0.3 is 10.3 Å². The van der Waals surface area contributed by atoms with Gasteiger partial charge in [0, 0.05) is 17.1 Å². The molecule has 1 aliphatic carbocycles. The summed E-state index contributed by atoms with van der Waals surface area (Å²) < 4.78 is 28.3. The summed E-state index contributed by atoms with van der Waals surface area (Å²) in [5.41, 5.74) is 3.80. The molecule has 4 aromatic rings. The molecular formula is C20H15F2N3OS. The van der Waals surface area contributed by atoms with Gasteiger partial charge in [-0.2, -0.15) is 0 Å². The van der Waals surface area contributed by atoms with Crippen molar-refractivity contribution >= 4 is 43.5 Å². The predicted octanol–water partition coefficient (Wildman–Crippen LogP) is 5.19. The molecule has 0 saturated heterocycles. The Labute approximate surface area is 157 Å². The first-order valence-electron chi connectivity index (χ1n) is 8.63. The van der Waals surface area contributed by atoms with Gasteiger partial charge in [0.2, 0.25) is 5.91 Å². The lowest BCUT2D eigenvalue weighted by Crippen LogP contribution is -2.14. The molecule has 1 fully saturated rings. The number of aromatic amines is 1. The van der Waals surface area contributed by atoms with Crippen LogP contribution in [0.2, 0.25) is 0 Å². The second-order valence-electron chi connectivity index (χ2n) is 6.85. The molecule has 0 radical (unpaired) electrons. The molecule has 2 atom stereocenters. The molecule has 0 aliphatic heterocycles. The van der Waals surface area contributed by atoms with E-state index in [0.717, 1.165) is 32.2 Å². The van der Waals surface area contributed by atoms with Crippen LogP contribution < -0.4 is 5.32 Å². The Morgan fingerprint density at radius 3 is 2.93 bits per heavy atom. The van der Waals surface area contributed by atoms with Crippen molar-refractivity contribution in [1.29, 1.82) is 0 Å². The lowest BCUT2D eigenvalue weighted by atomic mass is 9.96. The van der Waals surface area contributed by atoms with Crippen molar-refractivity contribution in [3.05, 3.63) is 47.9 Å². The Bertz CT molecular complexity index is 1210. The van der Waals surface area contributed by atoms with Crippen LogP contribution in [0.25, 0.3) is 32.2 Å². The maximum Gasteiger partial charge on any atom is 0.232 e. The highest BCUT2D eigenvalue weighted by Crippen LogP contribution is 2.38. The molecule has 0 unspecified atom stereocenters. The monoisotopic (exact) mass is 383 g/mol. The number of rotatable bonds is 3. The molecule has 4 nitrogen and oxygen atoms in total. The number of carbonyl (C=O) groups excluding carboxylic acids is 1. The standard InChI is InChI=1S/C20H15F2N3OS/c1-9-13(21)8-16-11(4-5-23-16)18(9)10-2-3-15-17(6-10)27-20(24-15)25-19(26)12-7-14(12)22/h2-6,8,12,14,23H,7H2,1H3,(H,24,25,26)/t12-,14+/m1/s1. The van der Waals surface area contributed by atoms with Crippen LogP contribution in [-0.2, 0) is 4.79 Å². The van der Waals surface area contributed by atoms with E-state index in [4.69, 9.17) is 0 Å². The van der Waals surface area contributed by atoms with Crippen LogP contribution in [0.1, 0.15) is 12.0 Å². The van der Waals surface area contributed by atoms with E-state index < -0.39 is 12.1 Å². The summed E-state index contributed by atoms with van der Waals surface area (Å²) in [5, 5.41) is 4.10. The van der Waals surface area contributed by atoms with Crippen LogP contribution in [0, 0.1) is 18.7 Å². The fourth-order valence-corrected chi connectivity index (χ4v) is 4.32. The summed E-state index contributed by atoms with van der Waals surface area (Å²) in [6.07, 6.45) is 1.04. The van der Waals surface area contributed by atoms with Gasteiger partial charge in [0.1, 0.15) is 12.0 Å². The van der Waals surface area contributed by atoms with Gasteiger partial charge >= 0.3 is 0 Å². The van der Waals surface area contributed by atoms with Crippen molar-refractivity contribution in [2.45, 2.75) is 19.5 Å². The van der Waals surface area contributed by atoms with E-state index in [0.29, 0.717) is 10.7 Å². The number of aromatic nitrogens is 2. The molecule has 0 spiro atoms. The molecule has 27 heavy (non-hydrogen) atoms. The number of H-pyrrole nitrogens is 1. The summed E-state index contributed by atoms with van der Waals surface area (Å²) in [4.78, 5) is 19.4. The third-order valence-electron chi connectivity index (χ3n) is 5.01. The zero-order valence-electron chi connectivity index (χ0n) is 14.3. The highest BCUT2D eigenvalue weighted by Gasteiger charge is 2.43. The summed E-state index contributed by atoms with van der Waals surface area (Å²) >= 11 is 1.33. The molecule has 2 aromatic carbocycles.